The Bertz CT molecular complexity index is 685. The molecule has 9 nitrogen and oxygen atoms in total. The summed E-state index contributed by atoms with van der Waals surface area (Å²) in [6.45, 7) is -0.255. The van der Waals surface area contributed by atoms with Crippen molar-refractivity contribution in [2.75, 3.05) is 32.1 Å². The molecule has 2 rings (SSSR count). The average molecular weight is 321 g/mol. The van der Waals surface area contributed by atoms with E-state index in [4.69, 9.17) is 5.11 Å². The first kappa shape index (κ1) is 16.4. The zero-order chi connectivity index (χ0) is 17.0. The molecule has 0 aromatic heterocycles. The lowest BCUT2D eigenvalue weighted by atomic mass is 10.2. The Labute approximate surface area is 131 Å². The van der Waals surface area contributed by atoms with Crippen molar-refractivity contribution in [1.29, 1.82) is 0 Å². The highest BCUT2D eigenvalue weighted by atomic mass is 16.6. The van der Waals surface area contributed by atoms with Crippen molar-refractivity contribution in [3.8, 4) is 0 Å². The third-order valence-electron chi connectivity index (χ3n) is 3.31. The smallest absolute Gasteiger partial charge is 0.337 e. The highest BCUT2D eigenvalue weighted by molar-refractivity contribution is 6.08. The van der Waals surface area contributed by atoms with Crippen LogP contribution in [0, 0.1) is 10.1 Å². The third-order valence-corrected chi connectivity index (χ3v) is 3.31. The number of nitrogens with one attached hydrogen (secondary N) is 1. The van der Waals surface area contributed by atoms with E-state index < -0.39 is 16.8 Å². The average Bonchev–Trinajstić information content (AvgIpc) is 2.84. The van der Waals surface area contributed by atoms with Gasteiger partial charge in [0, 0.05) is 12.6 Å². The summed E-state index contributed by atoms with van der Waals surface area (Å²) in [5, 5.41) is 22.7. The number of rotatable bonds is 6. The lowest BCUT2D eigenvalue weighted by Crippen LogP contribution is -2.31. The molecule has 0 bridgehead atoms. The van der Waals surface area contributed by atoms with E-state index in [1.165, 1.54) is 30.2 Å². The lowest BCUT2D eigenvalue weighted by Gasteiger charge is -2.14. The molecule has 1 aliphatic heterocycles. The Balaban J connectivity index is 2.39. The van der Waals surface area contributed by atoms with Crippen LogP contribution < -0.4 is 5.32 Å². The van der Waals surface area contributed by atoms with Gasteiger partial charge < -0.3 is 20.1 Å². The third kappa shape index (κ3) is 3.29. The number of carbonyl (C=O) groups is 2. The first-order valence-corrected chi connectivity index (χ1v) is 6.71. The predicted molar refractivity (Wildman–Crippen MR) is 79.4 cm³/mol. The van der Waals surface area contributed by atoms with Gasteiger partial charge in [0.2, 0.25) is 0 Å². The zero-order valence-electron chi connectivity index (χ0n) is 12.3. The van der Waals surface area contributed by atoms with Crippen LogP contribution in [-0.4, -0.2) is 53.6 Å². The Kier molecular flexibility index (Phi) is 4.91. The van der Waals surface area contributed by atoms with E-state index in [0.717, 1.165) is 0 Å². The quantitative estimate of drug-likeness (QED) is 0.438. The number of ether oxygens (including phenoxy) is 1. The number of esters is 1. The van der Waals surface area contributed by atoms with E-state index in [1.807, 2.05) is 0 Å². The molecule has 1 heterocycles. The lowest BCUT2D eigenvalue weighted by molar-refractivity contribution is -0.383. The molecule has 1 aliphatic rings. The molecule has 0 atom stereocenters. The van der Waals surface area contributed by atoms with Gasteiger partial charge in [-0.2, -0.15) is 0 Å². The second-order valence-electron chi connectivity index (χ2n) is 4.69. The maximum atomic E-state index is 12.3. The second-order valence-corrected chi connectivity index (χ2v) is 4.69. The van der Waals surface area contributed by atoms with Gasteiger partial charge in [0.1, 0.15) is 11.4 Å². The van der Waals surface area contributed by atoms with Crippen LogP contribution in [0.4, 0.5) is 11.4 Å². The first-order valence-electron chi connectivity index (χ1n) is 6.71. The Morgan fingerprint density at radius 1 is 1.48 bits per heavy atom. The van der Waals surface area contributed by atoms with Crippen LogP contribution in [0.1, 0.15) is 0 Å². The number of β-amino-alcohol motifs (C(OH)–C–C–N with tert-alkyl or cyclic N) is 1. The number of hydrogen-bond acceptors (Lipinski definition) is 7. The summed E-state index contributed by atoms with van der Waals surface area (Å²) in [5.41, 5.74) is -0.158. The molecule has 0 saturated carbocycles. The van der Waals surface area contributed by atoms with E-state index >= 15 is 0 Å². The van der Waals surface area contributed by atoms with E-state index in [-0.39, 0.29) is 42.3 Å². The van der Waals surface area contributed by atoms with Gasteiger partial charge in [0.25, 0.3) is 11.6 Å². The minimum atomic E-state index is -0.708. The number of nitro groups is 1. The van der Waals surface area contributed by atoms with Crippen LogP contribution in [0.5, 0.6) is 0 Å². The van der Waals surface area contributed by atoms with Crippen LogP contribution in [0.25, 0.3) is 0 Å². The number of carbonyl (C=O) groups excluding carboxylic acids is 2. The van der Waals surface area contributed by atoms with E-state index in [0.29, 0.717) is 0 Å². The van der Waals surface area contributed by atoms with Crippen molar-refractivity contribution in [3.05, 3.63) is 45.6 Å². The largest absolute Gasteiger partial charge is 0.466 e. The highest BCUT2D eigenvalue weighted by Gasteiger charge is 2.35. The molecule has 1 aromatic carbocycles. The van der Waals surface area contributed by atoms with Crippen LogP contribution in [0.15, 0.2) is 35.5 Å². The number of nitrogens with zero attached hydrogens (tertiary/aromatic N) is 2. The number of aliphatic hydroxyl groups excluding tert-OH is 1. The van der Waals surface area contributed by atoms with Crippen molar-refractivity contribution < 1.29 is 24.4 Å². The van der Waals surface area contributed by atoms with E-state index in [2.05, 4.69) is 10.1 Å². The minimum Gasteiger partial charge on any atom is -0.466 e. The Hall–Kier alpha value is -2.94. The standard InChI is InChI=1S/C14H15N3O6/c1-23-14(20)9-8-16(6-7-18)13(19)12(9)15-10-4-2-3-5-11(10)17(21)22/h2-5,15,18H,6-8H2,1H3. The number of para-hydroxylation sites is 2. The SMILES string of the molecule is COC(=O)C1=C(Nc2ccccc2[N+](=O)[O-])C(=O)N(CCO)C1. The number of amides is 1. The molecule has 1 aromatic rings. The molecule has 0 aliphatic carbocycles. The number of hydrogen-bond donors (Lipinski definition) is 2. The molecular weight excluding hydrogens is 306 g/mol. The highest BCUT2D eigenvalue weighted by Crippen LogP contribution is 2.28. The molecule has 0 radical (unpaired) electrons. The summed E-state index contributed by atoms with van der Waals surface area (Å²) < 4.78 is 4.64. The first-order chi connectivity index (χ1) is 11.0. The maximum Gasteiger partial charge on any atom is 0.337 e. The molecule has 9 heteroatoms. The van der Waals surface area contributed by atoms with Crippen LogP contribution in [0.2, 0.25) is 0 Å². The molecule has 0 unspecified atom stereocenters. The van der Waals surface area contributed by atoms with Crippen molar-refractivity contribution in [3.63, 3.8) is 0 Å². The van der Waals surface area contributed by atoms with Gasteiger partial charge in [-0.1, -0.05) is 12.1 Å². The number of benzene rings is 1. The predicted octanol–water partition coefficient (Wildman–Crippen LogP) is 0.268. The fourth-order valence-corrected chi connectivity index (χ4v) is 2.22. The normalized spacial score (nSPS) is 14.2. The number of nitro benzene ring substituents is 1. The van der Waals surface area contributed by atoms with Gasteiger partial charge in [-0.3, -0.25) is 14.9 Å². The van der Waals surface area contributed by atoms with Crippen LogP contribution in [0.3, 0.4) is 0 Å². The molecule has 1 amide bonds. The maximum absolute atomic E-state index is 12.3. The van der Waals surface area contributed by atoms with Crippen LogP contribution >= 0.6 is 0 Å². The summed E-state index contributed by atoms with van der Waals surface area (Å²) in [7, 11) is 1.18. The van der Waals surface area contributed by atoms with Crippen molar-refractivity contribution in [2.45, 2.75) is 0 Å². The Morgan fingerprint density at radius 2 is 2.17 bits per heavy atom. The Morgan fingerprint density at radius 3 is 2.78 bits per heavy atom. The molecule has 2 N–H and O–H groups in total. The summed E-state index contributed by atoms with van der Waals surface area (Å²) >= 11 is 0. The van der Waals surface area contributed by atoms with Crippen molar-refractivity contribution >= 4 is 23.3 Å². The molecule has 122 valence electrons. The van der Waals surface area contributed by atoms with Crippen LogP contribution in [-0.2, 0) is 14.3 Å². The molecule has 0 spiro atoms. The molecule has 0 saturated heterocycles. The summed E-state index contributed by atoms with van der Waals surface area (Å²) in [5.74, 6) is -1.24. The van der Waals surface area contributed by atoms with Gasteiger partial charge in [-0.05, 0) is 6.07 Å². The van der Waals surface area contributed by atoms with Gasteiger partial charge in [-0.15, -0.1) is 0 Å². The summed E-state index contributed by atoms with van der Waals surface area (Å²) in [6, 6.07) is 5.78. The summed E-state index contributed by atoms with van der Waals surface area (Å²) in [4.78, 5) is 35.9. The number of anilines is 1. The topological polar surface area (TPSA) is 122 Å². The summed E-state index contributed by atoms with van der Waals surface area (Å²) in [6.07, 6.45) is 0. The monoisotopic (exact) mass is 321 g/mol. The minimum absolute atomic E-state index is 0.0327. The van der Waals surface area contributed by atoms with Gasteiger partial charge in [-0.25, -0.2) is 4.79 Å². The number of methoxy groups -OCH3 is 1. The van der Waals surface area contributed by atoms with E-state index in [9.17, 15) is 19.7 Å². The molecule has 23 heavy (non-hydrogen) atoms. The second kappa shape index (κ2) is 6.88. The fourth-order valence-electron chi connectivity index (χ4n) is 2.22. The van der Waals surface area contributed by atoms with Gasteiger partial charge in [0.15, 0.2) is 0 Å². The van der Waals surface area contributed by atoms with Gasteiger partial charge in [0.05, 0.1) is 30.8 Å². The number of aliphatic hydroxyl groups is 1. The van der Waals surface area contributed by atoms with Crippen molar-refractivity contribution in [2.24, 2.45) is 0 Å². The zero-order valence-corrected chi connectivity index (χ0v) is 12.3. The fraction of sp³-hybridized carbons (Fsp3) is 0.286. The van der Waals surface area contributed by atoms with Gasteiger partial charge >= 0.3 is 5.97 Å². The van der Waals surface area contributed by atoms with Crippen molar-refractivity contribution in [1.82, 2.24) is 4.90 Å². The molecular formula is C14H15N3O6. The molecule has 0 fully saturated rings. The van der Waals surface area contributed by atoms with E-state index in [1.54, 1.807) is 6.07 Å².